The van der Waals surface area contributed by atoms with Crippen molar-refractivity contribution in [2.75, 3.05) is 11.9 Å². The first-order valence-electron chi connectivity index (χ1n) is 12.9. The number of fused-ring (bicyclic) bond motifs is 5. The topological polar surface area (TPSA) is 73.1 Å². The van der Waals surface area contributed by atoms with Crippen LogP contribution >= 0.6 is 0 Å². The first kappa shape index (κ1) is 23.7. The third-order valence-electron chi connectivity index (χ3n) is 10.3. The smallest absolute Gasteiger partial charge is 0.155 e. The van der Waals surface area contributed by atoms with Crippen molar-refractivity contribution in [1.82, 2.24) is 0 Å². The molecule has 8 atom stereocenters. The lowest BCUT2D eigenvalue weighted by molar-refractivity contribution is -0.165. The predicted molar refractivity (Wildman–Crippen MR) is 126 cm³/mol. The second-order valence-electron chi connectivity index (χ2n) is 12.1. The van der Waals surface area contributed by atoms with Gasteiger partial charge in [-0.25, -0.2) is 8.78 Å². The molecule has 1 aromatic carbocycles. The largest absolute Gasteiger partial charge is 0.390 e. The lowest BCUT2D eigenvalue weighted by atomic mass is 9.48. The number of carbonyl (C=O) groups excluding carboxylic acids is 1. The first-order valence-corrected chi connectivity index (χ1v) is 12.9. The maximum atomic E-state index is 16.5. The van der Waals surface area contributed by atoms with Crippen LogP contribution in [0, 0.1) is 52.2 Å². The van der Waals surface area contributed by atoms with E-state index in [-0.39, 0.29) is 46.7 Å². The highest BCUT2D eigenvalue weighted by Crippen LogP contribution is 2.66. The molecule has 0 amide bonds. The van der Waals surface area contributed by atoms with E-state index in [2.05, 4.69) is 12.2 Å². The highest BCUT2D eigenvalue weighted by Gasteiger charge is 2.63. The van der Waals surface area contributed by atoms with Gasteiger partial charge in [-0.2, -0.15) is 5.26 Å². The first-order chi connectivity index (χ1) is 16.1. The summed E-state index contributed by atoms with van der Waals surface area (Å²) in [6.45, 7) is 4.14. The van der Waals surface area contributed by atoms with Gasteiger partial charge in [0.15, 0.2) is 5.78 Å². The minimum atomic E-state index is -1.18. The molecule has 0 aromatic heterocycles. The number of alkyl halides is 1. The molecular formula is C28H36F2N2O2. The number of hydrogen-bond donors (Lipinski definition) is 2. The summed E-state index contributed by atoms with van der Waals surface area (Å²) in [4.78, 5) is 13.3. The minimum absolute atomic E-state index is 0.0418. The molecule has 184 valence electrons. The van der Waals surface area contributed by atoms with Crippen molar-refractivity contribution in [3.8, 4) is 6.07 Å². The third kappa shape index (κ3) is 3.75. The molecule has 34 heavy (non-hydrogen) atoms. The number of nitrogens with one attached hydrogen (secondary N) is 1. The van der Waals surface area contributed by atoms with E-state index in [0.717, 1.165) is 38.5 Å². The minimum Gasteiger partial charge on any atom is -0.390 e. The quantitative estimate of drug-likeness (QED) is 0.584. The summed E-state index contributed by atoms with van der Waals surface area (Å²) in [7, 11) is 0. The highest BCUT2D eigenvalue weighted by atomic mass is 19.1. The number of ketones is 1. The molecule has 0 radical (unpaired) electrons. The monoisotopic (exact) mass is 470 g/mol. The lowest BCUT2D eigenvalue weighted by Gasteiger charge is -2.59. The van der Waals surface area contributed by atoms with E-state index in [4.69, 9.17) is 5.26 Å². The molecule has 0 bridgehead atoms. The number of anilines is 1. The van der Waals surface area contributed by atoms with Gasteiger partial charge in [0, 0.05) is 5.92 Å². The molecular weight excluding hydrogens is 434 g/mol. The van der Waals surface area contributed by atoms with Crippen LogP contribution in [0.5, 0.6) is 0 Å². The fourth-order valence-electron chi connectivity index (χ4n) is 8.54. The molecule has 0 saturated heterocycles. The fourth-order valence-corrected chi connectivity index (χ4v) is 8.54. The molecule has 0 heterocycles. The van der Waals surface area contributed by atoms with Crippen molar-refractivity contribution in [3.05, 3.63) is 29.6 Å². The summed E-state index contributed by atoms with van der Waals surface area (Å²) in [6.07, 6.45) is 6.82. The maximum Gasteiger partial charge on any atom is 0.155 e. The fraction of sp³-hybridized carbons (Fsp3) is 0.714. The van der Waals surface area contributed by atoms with Crippen molar-refractivity contribution in [2.24, 2.45) is 35.0 Å². The number of halogens is 2. The Morgan fingerprint density at radius 1 is 1.15 bits per heavy atom. The van der Waals surface area contributed by atoms with Crippen LogP contribution in [0.1, 0.15) is 77.2 Å². The van der Waals surface area contributed by atoms with E-state index in [1.807, 2.05) is 13.0 Å². The molecule has 4 nitrogen and oxygen atoms in total. The summed E-state index contributed by atoms with van der Waals surface area (Å²) in [5, 5.41) is 22.4. The predicted octanol–water partition coefficient (Wildman–Crippen LogP) is 5.79. The van der Waals surface area contributed by atoms with Gasteiger partial charge in [-0.15, -0.1) is 0 Å². The summed E-state index contributed by atoms with van der Waals surface area (Å²) in [6, 6.07) is 6.13. The molecule has 5 rings (SSSR count). The van der Waals surface area contributed by atoms with E-state index in [0.29, 0.717) is 31.1 Å². The molecule has 4 fully saturated rings. The summed E-state index contributed by atoms with van der Waals surface area (Å²) >= 11 is 0. The van der Waals surface area contributed by atoms with Gasteiger partial charge in [0.2, 0.25) is 0 Å². The van der Waals surface area contributed by atoms with Crippen LogP contribution in [0.4, 0.5) is 14.5 Å². The zero-order chi connectivity index (χ0) is 24.3. The Balaban J connectivity index is 1.28. The van der Waals surface area contributed by atoms with Gasteiger partial charge in [-0.1, -0.05) is 6.92 Å². The van der Waals surface area contributed by atoms with Crippen LogP contribution in [-0.2, 0) is 4.79 Å². The van der Waals surface area contributed by atoms with Crippen LogP contribution in [0.3, 0.4) is 0 Å². The van der Waals surface area contributed by atoms with Gasteiger partial charge in [0.1, 0.15) is 11.5 Å². The van der Waals surface area contributed by atoms with Gasteiger partial charge >= 0.3 is 0 Å². The van der Waals surface area contributed by atoms with Gasteiger partial charge in [0.25, 0.3) is 0 Å². The summed E-state index contributed by atoms with van der Waals surface area (Å²) in [5.74, 6) is 0.136. The van der Waals surface area contributed by atoms with Crippen LogP contribution in [0.2, 0.25) is 0 Å². The molecule has 0 aliphatic heterocycles. The summed E-state index contributed by atoms with van der Waals surface area (Å²) < 4.78 is 30.7. The molecule has 4 saturated carbocycles. The van der Waals surface area contributed by atoms with Crippen molar-refractivity contribution < 1.29 is 18.7 Å². The Kier molecular flexibility index (Phi) is 5.79. The molecule has 6 heteroatoms. The van der Waals surface area contributed by atoms with Crippen LogP contribution in [-0.4, -0.2) is 28.7 Å². The van der Waals surface area contributed by atoms with E-state index in [9.17, 15) is 14.3 Å². The van der Waals surface area contributed by atoms with Crippen molar-refractivity contribution in [2.45, 2.75) is 82.9 Å². The van der Waals surface area contributed by atoms with Crippen LogP contribution < -0.4 is 5.32 Å². The van der Waals surface area contributed by atoms with Crippen molar-refractivity contribution in [1.29, 1.82) is 5.26 Å². The number of nitriles is 1. The SMILES string of the molecule is C[C@@]1(O)CCC2(F)C(CC[C@@H]3[C@@H]2CC[C@]2(C)[C@@H](C(=O)CNc4ccc(C#N)cc4F)CC[C@@H]32)C1. The molecule has 1 aromatic rings. The average molecular weight is 471 g/mol. The standard InChI is InChI=1S/C28H36F2N2O2/c1-26(34)11-12-28(30)18(14-26)4-5-19-20-6-7-22(27(20,2)10-9-21(19)28)25(33)16-32-24-8-3-17(15-31)13-23(24)29/h3,8,13,18-22,32,34H,4-7,9-12,14,16H2,1-2H3/t18?,19-,20-,21-,22+,26+,27-,28?/m0/s1. The Bertz CT molecular complexity index is 1020. The highest BCUT2D eigenvalue weighted by molar-refractivity contribution is 5.86. The molecule has 2 unspecified atom stereocenters. The number of rotatable bonds is 4. The van der Waals surface area contributed by atoms with E-state index < -0.39 is 17.1 Å². The van der Waals surface area contributed by atoms with Gasteiger partial charge in [0.05, 0.1) is 29.5 Å². The zero-order valence-electron chi connectivity index (χ0n) is 20.2. The second kappa shape index (κ2) is 8.29. The normalized spacial score (nSPS) is 43.2. The Morgan fingerprint density at radius 2 is 1.94 bits per heavy atom. The van der Waals surface area contributed by atoms with Crippen molar-refractivity contribution in [3.63, 3.8) is 0 Å². The number of benzene rings is 1. The number of aliphatic hydroxyl groups is 1. The number of nitrogens with zero attached hydrogens (tertiary/aromatic N) is 1. The lowest BCUT2D eigenvalue weighted by Crippen LogP contribution is -2.58. The molecule has 4 aliphatic rings. The van der Waals surface area contributed by atoms with Gasteiger partial charge < -0.3 is 10.4 Å². The van der Waals surface area contributed by atoms with E-state index >= 15 is 4.39 Å². The van der Waals surface area contributed by atoms with Crippen LogP contribution in [0.25, 0.3) is 0 Å². The zero-order valence-corrected chi connectivity index (χ0v) is 20.2. The Morgan fingerprint density at radius 3 is 2.68 bits per heavy atom. The maximum absolute atomic E-state index is 16.5. The van der Waals surface area contributed by atoms with Gasteiger partial charge in [-0.05, 0) is 112 Å². The number of Topliss-reactive ketones (excluding diaryl/α,β-unsaturated/α-hetero) is 1. The van der Waals surface area contributed by atoms with Crippen molar-refractivity contribution >= 4 is 11.5 Å². The second-order valence-corrected chi connectivity index (χ2v) is 12.1. The summed E-state index contributed by atoms with van der Waals surface area (Å²) in [5.41, 5.74) is -1.57. The van der Waals surface area contributed by atoms with Gasteiger partial charge in [-0.3, -0.25) is 4.79 Å². The van der Waals surface area contributed by atoms with Crippen LogP contribution in [0.15, 0.2) is 18.2 Å². The molecule has 2 N–H and O–H groups in total. The number of carbonyl (C=O) groups is 1. The average Bonchev–Trinajstić information content (AvgIpc) is 3.15. The van der Waals surface area contributed by atoms with E-state index in [1.165, 1.54) is 18.2 Å². The Hall–Kier alpha value is -2.00. The Labute approximate surface area is 201 Å². The number of hydrogen-bond acceptors (Lipinski definition) is 4. The van der Waals surface area contributed by atoms with E-state index in [1.54, 1.807) is 0 Å². The third-order valence-corrected chi connectivity index (χ3v) is 10.3. The molecule has 4 aliphatic carbocycles. The molecule has 0 spiro atoms.